The SMILES string of the molecule is ClCc1ccc(OCCN2CCC2)cc1. The number of hydrogen-bond donors (Lipinski definition) is 0. The minimum Gasteiger partial charge on any atom is -0.492 e. The lowest BCUT2D eigenvalue weighted by molar-refractivity contribution is 0.147. The Labute approximate surface area is 95.8 Å². The van der Waals surface area contributed by atoms with Crippen LogP contribution in [0.5, 0.6) is 5.75 Å². The first kappa shape index (κ1) is 10.8. The molecule has 3 heteroatoms. The molecule has 0 atom stereocenters. The van der Waals surface area contributed by atoms with Crippen LogP contribution in [0, 0.1) is 0 Å². The van der Waals surface area contributed by atoms with Crippen molar-refractivity contribution in [3.63, 3.8) is 0 Å². The van der Waals surface area contributed by atoms with Crippen LogP contribution in [0.4, 0.5) is 0 Å². The number of hydrogen-bond acceptors (Lipinski definition) is 2. The summed E-state index contributed by atoms with van der Waals surface area (Å²) >= 11 is 5.70. The maximum Gasteiger partial charge on any atom is 0.119 e. The minimum atomic E-state index is 0.564. The van der Waals surface area contributed by atoms with E-state index in [4.69, 9.17) is 16.3 Å². The molecule has 0 radical (unpaired) electrons. The second-order valence-corrected chi connectivity index (χ2v) is 4.09. The quantitative estimate of drug-likeness (QED) is 0.714. The Kier molecular flexibility index (Phi) is 3.87. The Hall–Kier alpha value is -0.730. The van der Waals surface area contributed by atoms with Crippen molar-refractivity contribution in [3.8, 4) is 5.75 Å². The lowest BCUT2D eigenvalue weighted by Crippen LogP contribution is -2.39. The van der Waals surface area contributed by atoms with Crippen LogP contribution in [0.2, 0.25) is 0 Å². The third-order valence-electron chi connectivity index (χ3n) is 2.70. The zero-order valence-corrected chi connectivity index (χ0v) is 9.54. The highest BCUT2D eigenvalue weighted by molar-refractivity contribution is 6.17. The average Bonchev–Trinajstić information content (AvgIpc) is 2.23. The van der Waals surface area contributed by atoms with Crippen LogP contribution in [-0.4, -0.2) is 31.1 Å². The number of halogens is 1. The zero-order chi connectivity index (χ0) is 10.5. The van der Waals surface area contributed by atoms with Crippen molar-refractivity contribution in [1.29, 1.82) is 0 Å². The third kappa shape index (κ3) is 3.11. The molecule has 0 saturated carbocycles. The fourth-order valence-corrected chi connectivity index (χ4v) is 1.75. The summed E-state index contributed by atoms with van der Waals surface area (Å²) < 4.78 is 5.63. The van der Waals surface area contributed by atoms with E-state index in [2.05, 4.69) is 4.90 Å². The molecule has 0 aliphatic carbocycles. The number of alkyl halides is 1. The van der Waals surface area contributed by atoms with Gasteiger partial charge in [-0.15, -0.1) is 11.6 Å². The van der Waals surface area contributed by atoms with Gasteiger partial charge >= 0.3 is 0 Å². The van der Waals surface area contributed by atoms with Crippen molar-refractivity contribution in [2.75, 3.05) is 26.2 Å². The first-order valence-corrected chi connectivity index (χ1v) is 5.92. The van der Waals surface area contributed by atoms with Gasteiger partial charge in [0.05, 0.1) is 0 Å². The Balaban J connectivity index is 1.72. The van der Waals surface area contributed by atoms with Crippen LogP contribution in [0.3, 0.4) is 0 Å². The Morgan fingerprint density at radius 1 is 1.20 bits per heavy atom. The highest BCUT2D eigenvalue weighted by Crippen LogP contribution is 2.13. The van der Waals surface area contributed by atoms with Gasteiger partial charge in [0, 0.05) is 12.4 Å². The molecule has 0 N–H and O–H groups in total. The molecule has 0 unspecified atom stereocenters. The molecule has 0 aromatic heterocycles. The summed E-state index contributed by atoms with van der Waals surface area (Å²) in [5.74, 6) is 1.50. The lowest BCUT2D eigenvalue weighted by atomic mass is 10.2. The minimum absolute atomic E-state index is 0.564. The summed E-state index contributed by atoms with van der Waals surface area (Å²) in [6.45, 7) is 4.28. The Morgan fingerprint density at radius 3 is 2.47 bits per heavy atom. The molecule has 1 fully saturated rings. The van der Waals surface area contributed by atoms with Crippen molar-refractivity contribution >= 4 is 11.6 Å². The molecule has 1 heterocycles. The fourth-order valence-electron chi connectivity index (χ4n) is 1.57. The van der Waals surface area contributed by atoms with Crippen LogP contribution in [-0.2, 0) is 5.88 Å². The van der Waals surface area contributed by atoms with E-state index in [9.17, 15) is 0 Å². The number of benzene rings is 1. The highest BCUT2D eigenvalue weighted by Gasteiger charge is 2.12. The van der Waals surface area contributed by atoms with Crippen molar-refractivity contribution in [1.82, 2.24) is 4.90 Å². The van der Waals surface area contributed by atoms with Crippen molar-refractivity contribution in [2.45, 2.75) is 12.3 Å². The van der Waals surface area contributed by atoms with Gasteiger partial charge in [0.1, 0.15) is 12.4 Å². The summed E-state index contributed by atoms with van der Waals surface area (Å²) in [6, 6.07) is 7.97. The van der Waals surface area contributed by atoms with E-state index < -0.39 is 0 Å². The average molecular weight is 226 g/mol. The number of nitrogens with zero attached hydrogens (tertiary/aromatic N) is 1. The molecule has 1 aliphatic rings. The molecule has 1 aromatic carbocycles. The van der Waals surface area contributed by atoms with Gasteiger partial charge in [-0.25, -0.2) is 0 Å². The van der Waals surface area contributed by atoms with Crippen molar-refractivity contribution < 1.29 is 4.74 Å². The smallest absolute Gasteiger partial charge is 0.119 e. The van der Waals surface area contributed by atoms with Gasteiger partial charge in [-0.3, -0.25) is 4.90 Å². The van der Waals surface area contributed by atoms with Gasteiger partial charge in [0.2, 0.25) is 0 Å². The predicted molar refractivity (Wildman–Crippen MR) is 62.6 cm³/mol. The van der Waals surface area contributed by atoms with Crippen LogP contribution in [0.15, 0.2) is 24.3 Å². The largest absolute Gasteiger partial charge is 0.492 e. The van der Waals surface area contributed by atoms with E-state index in [-0.39, 0.29) is 0 Å². The third-order valence-corrected chi connectivity index (χ3v) is 3.01. The van der Waals surface area contributed by atoms with Crippen LogP contribution in [0.25, 0.3) is 0 Å². The van der Waals surface area contributed by atoms with Crippen molar-refractivity contribution in [2.24, 2.45) is 0 Å². The molecule has 0 bridgehead atoms. The van der Waals surface area contributed by atoms with E-state index >= 15 is 0 Å². The Morgan fingerprint density at radius 2 is 1.93 bits per heavy atom. The lowest BCUT2D eigenvalue weighted by Gasteiger charge is -2.30. The summed E-state index contributed by atoms with van der Waals surface area (Å²) in [7, 11) is 0. The second-order valence-electron chi connectivity index (χ2n) is 3.82. The molecule has 0 amide bonds. The van der Waals surface area contributed by atoms with Gasteiger partial charge in [0.25, 0.3) is 0 Å². The zero-order valence-electron chi connectivity index (χ0n) is 8.79. The summed E-state index contributed by atoms with van der Waals surface area (Å²) in [5, 5.41) is 0. The van der Waals surface area contributed by atoms with E-state index in [1.54, 1.807) is 0 Å². The van der Waals surface area contributed by atoms with E-state index in [0.717, 1.165) is 24.5 Å². The summed E-state index contributed by atoms with van der Waals surface area (Å²) in [5.41, 5.74) is 1.13. The monoisotopic (exact) mass is 225 g/mol. The molecule has 1 aliphatic heterocycles. The molecule has 1 aromatic rings. The Bertz CT molecular complexity index is 295. The van der Waals surface area contributed by atoms with E-state index in [1.807, 2.05) is 24.3 Å². The highest BCUT2D eigenvalue weighted by atomic mass is 35.5. The standard InChI is InChI=1S/C12H16ClNO/c13-10-11-2-4-12(5-3-11)15-9-8-14-6-1-7-14/h2-5H,1,6-10H2. The molecule has 82 valence electrons. The molecule has 1 saturated heterocycles. The molecule has 15 heavy (non-hydrogen) atoms. The number of likely N-dealkylation sites (tertiary alicyclic amines) is 1. The molecular weight excluding hydrogens is 210 g/mol. The van der Waals surface area contributed by atoms with E-state index in [0.29, 0.717) is 5.88 Å². The van der Waals surface area contributed by atoms with Gasteiger partial charge in [-0.2, -0.15) is 0 Å². The fraction of sp³-hybridized carbons (Fsp3) is 0.500. The normalized spacial score (nSPS) is 16.1. The number of rotatable bonds is 5. The van der Waals surface area contributed by atoms with E-state index in [1.165, 1.54) is 19.5 Å². The first-order valence-electron chi connectivity index (χ1n) is 5.38. The van der Waals surface area contributed by atoms with Crippen LogP contribution >= 0.6 is 11.6 Å². The second kappa shape index (κ2) is 5.38. The first-order chi connectivity index (χ1) is 7.38. The summed E-state index contributed by atoms with van der Waals surface area (Å²) in [4.78, 5) is 2.40. The maximum absolute atomic E-state index is 5.70. The van der Waals surface area contributed by atoms with Gasteiger partial charge < -0.3 is 4.74 Å². The van der Waals surface area contributed by atoms with Crippen molar-refractivity contribution in [3.05, 3.63) is 29.8 Å². The molecule has 0 spiro atoms. The van der Waals surface area contributed by atoms with Crippen LogP contribution in [0.1, 0.15) is 12.0 Å². The van der Waals surface area contributed by atoms with Crippen LogP contribution < -0.4 is 4.74 Å². The molecule has 2 nitrogen and oxygen atoms in total. The molecule has 2 rings (SSSR count). The topological polar surface area (TPSA) is 12.5 Å². The van der Waals surface area contributed by atoms with Gasteiger partial charge in [-0.1, -0.05) is 12.1 Å². The number of ether oxygens (including phenoxy) is 1. The predicted octanol–water partition coefficient (Wildman–Crippen LogP) is 2.51. The van der Waals surface area contributed by atoms with Gasteiger partial charge in [0.15, 0.2) is 0 Å². The maximum atomic E-state index is 5.70. The molecular formula is C12H16ClNO. The van der Waals surface area contributed by atoms with Gasteiger partial charge in [-0.05, 0) is 37.2 Å². The summed E-state index contributed by atoms with van der Waals surface area (Å²) in [6.07, 6.45) is 1.34.